The maximum Gasteiger partial charge on any atom is 0.462 e. The molecule has 1 rings (SSSR count). The summed E-state index contributed by atoms with van der Waals surface area (Å²) in [5.74, 6) is -27.7. The van der Waals surface area contributed by atoms with Crippen LogP contribution in [0.4, 0.5) is 84.7 Å². The minimum Gasteiger partial charge on any atom is -0.321 e. The number of halogens is 18. The van der Waals surface area contributed by atoms with Crippen LogP contribution < -0.4 is 5.32 Å². The molecule has 0 radical (unpaired) electrons. The van der Waals surface area contributed by atoms with E-state index in [2.05, 4.69) is 0 Å². The first-order valence-corrected chi connectivity index (χ1v) is 8.24. The summed E-state index contributed by atoms with van der Waals surface area (Å²) in [6.45, 7) is 0. The Balaban J connectivity index is 3.61. The quantitative estimate of drug-likeness (QED) is 0.347. The molecule has 1 N–H and O–H groups in total. The van der Waals surface area contributed by atoms with Crippen LogP contribution in [-0.2, 0) is 14.3 Å². The highest BCUT2D eigenvalue weighted by Gasteiger charge is 2.85. The molecule has 1 aromatic rings. The fraction of sp³-hybridized carbons (Fsp3) is 0.533. The first-order valence-electron chi connectivity index (χ1n) is 8.24. The molecule has 0 aliphatic rings. The maximum absolute atomic E-state index is 14.3. The standard InChI is InChI=1S/C15H5F18NO3/c16-5-1-3-6(4-2-5)34-7(35)8(17,11(21,22)23)36-15(32,33)10(20,13(27,28)29)37-14(30,31)9(18,19)12(24,25)26/h1-4H,(H,34,35)/t8-,10-/m0/s1. The van der Waals surface area contributed by atoms with Gasteiger partial charge in [-0.1, -0.05) is 0 Å². The fourth-order valence-corrected chi connectivity index (χ4v) is 1.91. The highest BCUT2D eigenvalue weighted by atomic mass is 19.4. The van der Waals surface area contributed by atoms with E-state index in [1.54, 1.807) is 0 Å². The molecule has 0 saturated carbocycles. The molecule has 0 aliphatic heterocycles. The second-order valence-corrected chi connectivity index (χ2v) is 6.46. The normalized spacial score (nSPS) is 17.7. The average molecular weight is 589 g/mol. The summed E-state index contributed by atoms with van der Waals surface area (Å²) in [5.41, 5.74) is -1.13. The lowest BCUT2D eigenvalue weighted by atomic mass is 10.2. The smallest absolute Gasteiger partial charge is 0.321 e. The van der Waals surface area contributed by atoms with E-state index in [0.717, 1.165) is 0 Å². The summed E-state index contributed by atoms with van der Waals surface area (Å²) in [6.07, 6.45) is -38.8. The molecule has 0 saturated heterocycles. The molecule has 22 heteroatoms. The molecule has 0 fully saturated rings. The molecular weight excluding hydrogens is 584 g/mol. The average Bonchev–Trinajstić information content (AvgIpc) is 2.66. The third-order valence-electron chi connectivity index (χ3n) is 3.76. The zero-order valence-corrected chi connectivity index (χ0v) is 16.3. The van der Waals surface area contributed by atoms with Crippen LogP contribution >= 0.6 is 0 Å². The number of alkyl halides is 17. The van der Waals surface area contributed by atoms with Gasteiger partial charge in [0.2, 0.25) is 0 Å². The first kappa shape index (κ1) is 32.4. The summed E-state index contributed by atoms with van der Waals surface area (Å²) in [5, 5.41) is 0.701. The van der Waals surface area contributed by atoms with E-state index in [9.17, 15) is 83.8 Å². The molecule has 1 amide bonds. The lowest BCUT2D eigenvalue weighted by Crippen LogP contribution is -2.68. The van der Waals surface area contributed by atoms with Crippen molar-refractivity contribution in [3.8, 4) is 0 Å². The van der Waals surface area contributed by atoms with Crippen molar-refractivity contribution in [2.45, 2.75) is 48.4 Å². The van der Waals surface area contributed by atoms with Crippen molar-refractivity contribution >= 4 is 11.6 Å². The Hall–Kier alpha value is -2.65. The SMILES string of the molecule is O=C(Nc1ccc(F)cc1)[C@](F)(OC(F)(F)[C@@](F)(OC(F)(F)C(F)(F)C(F)(F)F)C(F)(F)F)C(F)(F)F. The number of nitrogens with one attached hydrogen (secondary N) is 1. The highest BCUT2D eigenvalue weighted by molar-refractivity contribution is 5.96. The molecule has 0 aliphatic carbocycles. The number of amides is 1. The number of anilines is 1. The first-order chi connectivity index (χ1) is 16.1. The number of benzene rings is 1. The molecule has 0 bridgehead atoms. The van der Waals surface area contributed by atoms with Gasteiger partial charge in [-0.05, 0) is 24.3 Å². The van der Waals surface area contributed by atoms with Crippen molar-refractivity contribution < 1.29 is 93.3 Å². The lowest BCUT2D eigenvalue weighted by Gasteiger charge is -2.40. The van der Waals surface area contributed by atoms with Gasteiger partial charge in [-0.2, -0.15) is 74.6 Å². The second kappa shape index (κ2) is 9.27. The van der Waals surface area contributed by atoms with Crippen molar-refractivity contribution in [2.24, 2.45) is 0 Å². The summed E-state index contributed by atoms with van der Waals surface area (Å²) in [6, 6.07) is 1.23. The molecule has 0 spiro atoms. The van der Waals surface area contributed by atoms with Crippen LogP contribution in [0.2, 0.25) is 0 Å². The molecule has 1 aromatic carbocycles. The number of carbonyl (C=O) groups excluding carboxylic acids is 1. The van der Waals surface area contributed by atoms with Crippen molar-refractivity contribution in [1.82, 2.24) is 0 Å². The van der Waals surface area contributed by atoms with E-state index in [1.165, 1.54) is 4.74 Å². The van der Waals surface area contributed by atoms with E-state index in [-0.39, 0.29) is 0 Å². The Morgan fingerprint density at radius 2 is 1.03 bits per heavy atom. The molecule has 214 valence electrons. The molecule has 4 nitrogen and oxygen atoms in total. The van der Waals surface area contributed by atoms with E-state index in [4.69, 9.17) is 0 Å². The Morgan fingerprint density at radius 1 is 0.595 bits per heavy atom. The topological polar surface area (TPSA) is 47.6 Å². The molecular formula is C15H5F18NO3. The number of hydrogen-bond acceptors (Lipinski definition) is 3. The third kappa shape index (κ3) is 5.93. The molecule has 0 heterocycles. The fourth-order valence-electron chi connectivity index (χ4n) is 1.91. The lowest BCUT2D eigenvalue weighted by molar-refractivity contribution is -0.548. The van der Waals surface area contributed by atoms with Crippen molar-refractivity contribution in [1.29, 1.82) is 0 Å². The van der Waals surface area contributed by atoms with Crippen molar-refractivity contribution in [2.75, 3.05) is 5.32 Å². The molecule has 0 aromatic heterocycles. The largest absolute Gasteiger partial charge is 0.462 e. The second-order valence-electron chi connectivity index (χ2n) is 6.46. The van der Waals surface area contributed by atoms with Crippen LogP contribution in [0, 0.1) is 5.82 Å². The van der Waals surface area contributed by atoms with E-state index in [1.807, 2.05) is 4.74 Å². The van der Waals surface area contributed by atoms with Gasteiger partial charge < -0.3 is 5.32 Å². The number of hydrogen-bond donors (Lipinski definition) is 1. The Bertz CT molecular complexity index is 969. The highest BCUT2D eigenvalue weighted by Crippen LogP contribution is 2.56. The number of carbonyl (C=O) groups is 1. The number of rotatable bonds is 8. The Labute approximate surface area is 190 Å². The van der Waals surface area contributed by atoms with Gasteiger partial charge >= 0.3 is 48.4 Å². The van der Waals surface area contributed by atoms with Crippen LogP contribution in [0.3, 0.4) is 0 Å². The van der Waals surface area contributed by atoms with Crippen LogP contribution in [0.5, 0.6) is 0 Å². The van der Waals surface area contributed by atoms with Gasteiger partial charge in [0.25, 0.3) is 5.91 Å². The minimum absolute atomic E-state index is 0.292. The van der Waals surface area contributed by atoms with Crippen molar-refractivity contribution in [3.05, 3.63) is 30.1 Å². The van der Waals surface area contributed by atoms with Gasteiger partial charge in [0.1, 0.15) is 5.82 Å². The predicted octanol–water partition coefficient (Wildman–Crippen LogP) is 6.64. The van der Waals surface area contributed by atoms with Crippen LogP contribution in [0.15, 0.2) is 24.3 Å². The molecule has 37 heavy (non-hydrogen) atoms. The maximum atomic E-state index is 14.3. The predicted molar refractivity (Wildman–Crippen MR) is 77.9 cm³/mol. The molecule has 2 atom stereocenters. The molecule has 0 unspecified atom stereocenters. The zero-order valence-electron chi connectivity index (χ0n) is 16.3. The van der Waals surface area contributed by atoms with E-state index in [0.29, 0.717) is 29.6 Å². The van der Waals surface area contributed by atoms with Crippen LogP contribution in [0.25, 0.3) is 0 Å². The summed E-state index contributed by atoms with van der Waals surface area (Å²) < 4.78 is 238. The number of ether oxygens (including phenoxy) is 2. The van der Waals surface area contributed by atoms with Gasteiger partial charge in [-0.25, -0.2) is 4.39 Å². The monoisotopic (exact) mass is 589 g/mol. The van der Waals surface area contributed by atoms with Crippen LogP contribution in [-0.4, -0.2) is 54.3 Å². The van der Waals surface area contributed by atoms with Crippen molar-refractivity contribution in [3.63, 3.8) is 0 Å². The summed E-state index contributed by atoms with van der Waals surface area (Å²) in [4.78, 5) is 11.6. The van der Waals surface area contributed by atoms with E-state index < -0.39 is 65.8 Å². The zero-order chi connectivity index (χ0) is 29.7. The van der Waals surface area contributed by atoms with Gasteiger partial charge in [-0.3, -0.25) is 14.3 Å². The summed E-state index contributed by atoms with van der Waals surface area (Å²) >= 11 is 0. The van der Waals surface area contributed by atoms with Crippen LogP contribution in [0.1, 0.15) is 0 Å². The van der Waals surface area contributed by atoms with Gasteiger partial charge in [0.05, 0.1) is 0 Å². The Morgan fingerprint density at radius 3 is 1.38 bits per heavy atom. The van der Waals surface area contributed by atoms with E-state index >= 15 is 0 Å². The minimum atomic E-state index is -8.10. The van der Waals surface area contributed by atoms with Gasteiger partial charge in [0.15, 0.2) is 0 Å². The van der Waals surface area contributed by atoms with Gasteiger partial charge in [0, 0.05) is 5.69 Å². The third-order valence-corrected chi connectivity index (χ3v) is 3.76. The Kier molecular flexibility index (Phi) is 8.11. The summed E-state index contributed by atoms with van der Waals surface area (Å²) in [7, 11) is 0. The van der Waals surface area contributed by atoms with Gasteiger partial charge in [-0.15, -0.1) is 0 Å².